The molecule has 0 spiro atoms. The van der Waals surface area contributed by atoms with Crippen LogP contribution in [0.15, 0.2) is 12.2 Å². The normalized spacial score (nSPS) is 62.3. The number of carbonyl (C=O) groups is 1. The number of aliphatic hydroxyl groups excluding tert-OH is 1. The number of hydrogen-bond donors (Lipinski definition) is 1. The lowest BCUT2D eigenvalue weighted by Crippen LogP contribution is -3.10. The van der Waals surface area contributed by atoms with Gasteiger partial charge >= 0.3 is 5.97 Å². The summed E-state index contributed by atoms with van der Waals surface area (Å²) < 4.78 is 0. The molecule has 0 radical (unpaired) electrons. The van der Waals surface area contributed by atoms with E-state index in [1.807, 2.05) is 0 Å². The Balaban J connectivity index is 1.24. The molecule has 96 valence electrons. The van der Waals surface area contributed by atoms with E-state index in [0.29, 0.717) is 29.6 Å². The lowest BCUT2D eigenvalue weighted by atomic mass is 8.92. The van der Waals surface area contributed by atoms with Gasteiger partial charge in [0.1, 0.15) is 6.61 Å². The van der Waals surface area contributed by atoms with Gasteiger partial charge in [-0.15, -0.1) is 0 Å². The molecule has 0 amide bonds. The van der Waals surface area contributed by atoms with Gasteiger partial charge in [0.05, 0.1) is 0 Å². The van der Waals surface area contributed by atoms with Gasteiger partial charge in [-0.25, -0.2) is 4.79 Å². The predicted octanol–water partition coefficient (Wildman–Crippen LogP) is 0.768. The number of aliphatic hydroxyl groups is 1. The molecule has 0 heterocycles. The van der Waals surface area contributed by atoms with Crippen LogP contribution in [0.4, 0.5) is 0 Å². The minimum absolute atomic E-state index is 0.326. The molecule has 1 N–H and O–H groups in total. The van der Waals surface area contributed by atoms with Crippen LogP contribution in [-0.4, -0.2) is 24.3 Å². The predicted molar refractivity (Wildman–Crippen MR) is 59.7 cm³/mol. The third kappa shape index (κ3) is 0.565. The highest BCUT2D eigenvalue weighted by Crippen LogP contribution is 3.10. The van der Waals surface area contributed by atoms with E-state index in [4.69, 9.17) is 9.78 Å². The summed E-state index contributed by atoms with van der Waals surface area (Å²) in [7, 11) is 0. The van der Waals surface area contributed by atoms with E-state index in [9.17, 15) is 9.90 Å². The highest BCUT2D eigenvalue weighted by Gasteiger charge is 3.09. The minimum Gasteiger partial charge on any atom is -0.396 e. The van der Waals surface area contributed by atoms with Gasteiger partial charge in [-0.3, -0.25) is 4.89 Å². The fourth-order valence-corrected chi connectivity index (χ4v) is 6.83. The second-order valence-electron chi connectivity index (χ2n) is 6.95. The molecule has 6 aliphatic rings. The van der Waals surface area contributed by atoms with Gasteiger partial charge < -0.3 is 5.11 Å². The summed E-state index contributed by atoms with van der Waals surface area (Å²) in [5, 5.41) is 9.50. The number of rotatable bonds is 5. The topological polar surface area (TPSA) is 55.8 Å². The van der Waals surface area contributed by atoms with Crippen LogP contribution in [0.25, 0.3) is 0 Å². The Bertz CT molecular complexity index is 454. The highest BCUT2D eigenvalue weighted by molar-refractivity contribution is 5.86. The first-order chi connectivity index (χ1) is 8.62. The summed E-state index contributed by atoms with van der Waals surface area (Å²) in [6, 6.07) is 0. The van der Waals surface area contributed by atoms with E-state index in [-0.39, 0.29) is 0 Å². The molecule has 0 aromatic rings. The Labute approximate surface area is 105 Å². The lowest BCUT2D eigenvalue weighted by Gasteiger charge is -3.11. The summed E-state index contributed by atoms with van der Waals surface area (Å²) in [5.74, 6) is 4.10. The largest absolute Gasteiger partial charge is 0.396 e. The van der Waals surface area contributed by atoms with E-state index in [1.165, 1.54) is 0 Å². The van der Waals surface area contributed by atoms with Crippen molar-refractivity contribution in [1.82, 2.24) is 0 Å². The highest BCUT2D eigenvalue weighted by atomic mass is 17.2. The summed E-state index contributed by atoms with van der Waals surface area (Å²) in [5.41, 5.74) is 1.03. The zero-order valence-electron chi connectivity index (χ0n) is 10.3. The van der Waals surface area contributed by atoms with Crippen molar-refractivity contribution >= 4 is 5.97 Å². The molecular weight excluding hydrogens is 232 g/mol. The van der Waals surface area contributed by atoms with Gasteiger partial charge in [0.2, 0.25) is 0 Å². The van der Waals surface area contributed by atoms with Gasteiger partial charge in [-0.2, -0.15) is 4.89 Å². The Morgan fingerprint density at radius 2 is 1.67 bits per heavy atom. The molecule has 0 bridgehead atoms. The molecule has 0 unspecified atom stereocenters. The molecule has 0 aliphatic heterocycles. The molecule has 0 atom stereocenters. The van der Waals surface area contributed by atoms with E-state index in [1.54, 1.807) is 6.92 Å². The second-order valence-corrected chi connectivity index (χ2v) is 6.95. The fraction of sp³-hybridized carbons (Fsp3) is 0.786. The average Bonchev–Trinajstić information content (AvgIpc) is 2.38. The zero-order valence-corrected chi connectivity index (χ0v) is 10.3. The Kier molecular flexibility index (Phi) is 1.34. The maximum atomic E-state index is 11.2. The molecule has 6 aliphatic carbocycles. The monoisotopic (exact) mass is 248 g/mol. The van der Waals surface area contributed by atoms with Crippen LogP contribution in [0.1, 0.15) is 6.92 Å². The third-order valence-electron chi connectivity index (χ3n) is 7.11. The molecule has 18 heavy (non-hydrogen) atoms. The maximum Gasteiger partial charge on any atom is 0.368 e. The number of hydrogen-bond acceptors (Lipinski definition) is 4. The molecule has 0 saturated heterocycles. The molecule has 4 heteroatoms. The summed E-state index contributed by atoms with van der Waals surface area (Å²) in [6.45, 7) is 6.07. The van der Waals surface area contributed by atoms with Crippen LogP contribution in [-0.2, 0) is 14.6 Å². The van der Waals surface area contributed by atoms with Crippen molar-refractivity contribution in [3.63, 3.8) is 0 Å². The molecule has 6 rings (SSSR count). The summed E-state index contributed by atoms with van der Waals surface area (Å²) in [6.07, 6.45) is 0. The van der Waals surface area contributed by atoms with Gasteiger partial charge in [0.15, 0.2) is 0 Å². The Morgan fingerprint density at radius 3 is 2.11 bits per heavy atom. The maximum absolute atomic E-state index is 11.2. The van der Waals surface area contributed by atoms with E-state index < -0.39 is 5.97 Å². The van der Waals surface area contributed by atoms with E-state index in [2.05, 4.69) is 6.58 Å². The van der Waals surface area contributed by atoms with Crippen LogP contribution >= 0.6 is 0 Å². The SMILES string of the molecule is C=C(C)C(=O)OOCC12C3C4C1C1C2C3C41CO. The van der Waals surface area contributed by atoms with Gasteiger partial charge in [0.25, 0.3) is 0 Å². The summed E-state index contributed by atoms with van der Waals surface area (Å²) >= 11 is 0. The second kappa shape index (κ2) is 2.41. The number of carbonyl (C=O) groups excluding carboxylic acids is 1. The standard InChI is InChI=1S/C14H16O4/c1-5(2)12(16)18-17-4-14-9-6-10(14)8-11(14)7(9)13(6,8)3-15/h6-11,15H,1,3-4H2,2H3. The molecule has 0 aromatic heterocycles. The summed E-state index contributed by atoms with van der Waals surface area (Å²) in [4.78, 5) is 21.1. The van der Waals surface area contributed by atoms with Crippen molar-refractivity contribution in [1.29, 1.82) is 0 Å². The van der Waals surface area contributed by atoms with Gasteiger partial charge in [-0.1, -0.05) is 6.58 Å². The first-order valence-corrected chi connectivity index (χ1v) is 6.72. The third-order valence-corrected chi connectivity index (χ3v) is 7.11. The molecule has 6 saturated carbocycles. The minimum atomic E-state index is -0.473. The Hall–Kier alpha value is -0.870. The van der Waals surface area contributed by atoms with Crippen LogP contribution in [0.2, 0.25) is 0 Å². The van der Waals surface area contributed by atoms with Crippen LogP contribution in [0.3, 0.4) is 0 Å². The van der Waals surface area contributed by atoms with Crippen molar-refractivity contribution in [2.45, 2.75) is 6.92 Å². The molecular formula is C14H16O4. The van der Waals surface area contributed by atoms with Gasteiger partial charge in [-0.05, 0) is 42.4 Å². The first-order valence-electron chi connectivity index (χ1n) is 6.72. The Morgan fingerprint density at radius 1 is 1.17 bits per heavy atom. The van der Waals surface area contributed by atoms with Gasteiger partial charge in [0, 0.05) is 23.0 Å². The van der Waals surface area contributed by atoms with E-state index in [0.717, 1.165) is 35.5 Å². The van der Waals surface area contributed by atoms with Crippen LogP contribution in [0.5, 0.6) is 0 Å². The van der Waals surface area contributed by atoms with Crippen molar-refractivity contribution in [3.05, 3.63) is 12.2 Å². The van der Waals surface area contributed by atoms with Crippen molar-refractivity contribution in [2.24, 2.45) is 46.3 Å². The van der Waals surface area contributed by atoms with Crippen LogP contribution in [0, 0.1) is 46.3 Å². The van der Waals surface area contributed by atoms with Crippen molar-refractivity contribution in [2.75, 3.05) is 13.2 Å². The molecule has 4 nitrogen and oxygen atoms in total. The smallest absolute Gasteiger partial charge is 0.368 e. The molecule has 6 fully saturated rings. The molecule has 0 aromatic carbocycles. The zero-order chi connectivity index (χ0) is 12.4. The fourth-order valence-electron chi connectivity index (χ4n) is 6.83. The average molecular weight is 248 g/mol. The van der Waals surface area contributed by atoms with Crippen molar-refractivity contribution in [3.8, 4) is 0 Å². The first kappa shape index (κ1) is 9.98. The lowest BCUT2D eigenvalue weighted by molar-refractivity contribution is -0.667. The quantitative estimate of drug-likeness (QED) is 0.443. The van der Waals surface area contributed by atoms with Crippen molar-refractivity contribution < 1.29 is 19.7 Å². The van der Waals surface area contributed by atoms with Crippen LogP contribution < -0.4 is 0 Å². The van der Waals surface area contributed by atoms with E-state index >= 15 is 0 Å².